The lowest BCUT2D eigenvalue weighted by Gasteiger charge is -2.15. The van der Waals surface area contributed by atoms with Crippen LogP contribution < -0.4 is 13.7 Å². The first kappa shape index (κ1) is 29.7. The van der Waals surface area contributed by atoms with Crippen LogP contribution in [0.15, 0.2) is 68.9 Å². The number of carbonyl (C=O) groups is 2. The standard InChI is InChI=1S/C29H28BrNO7S2/c1-5-36-25-16-21(15-23(30)27(25)38-40(34,35)22-10-7-18(2)8-11-22)17-26-28(32)31(29(33)39-26)12-13-37-24-14-19(3)6-9-20(24)4/h6-11,14-17H,5,12-13H2,1-4H3/b26-17-. The Morgan fingerprint density at radius 3 is 2.33 bits per heavy atom. The summed E-state index contributed by atoms with van der Waals surface area (Å²) in [6, 6.07) is 15.3. The van der Waals surface area contributed by atoms with Gasteiger partial charge in [-0.15, -0.1) is 0 Å². The van der Waals surface area contributed by atoms with Gasteiger partial charge in [0.05, 0.1) is 22.5 Å². The second kappa shape index (κ2) is 12.5. The fourth-order valence-corrected chi connectivity index (χ4v) is 6.30. The van der Waals surface area contributed by atoms with Gasteiger partial charge in [-0.2, -0.15) is 8.42 Å². The molecule has 1 aliphatic rings. The van der Waals surface area contributed by atoms with E-state index >= 15 is 0 Å². The number of amides is 2. The Morgan fingerprint density at radius 2 is 1.62 bits per heavy atom. The Kier molecular flexibility index (Phi) is 9.27. The van der Waals surface area contributed by atoms with Crippen LogP contribution >= 0.6 is 27.7 Å². The van der Waals surface area contributed by atoms with Gasteiger partial charge in [0.25, 0.3) is 11.1 Å². The predicted octanol–water partition coefficient (Wildman–Crippen LogP) is 6.66. The van der Waals surface area contributed by atoms with Crippen LogP contribution in [-0.4, -0.2) is 44.2 Å². The van der Waals surface area contributed by atoms with E-state index in [0.29, 0.717) is 15.8 Å². The van der Waals surface area contributed by atoms with E-state index in [4.69, 9.17) is 13.7 Å². The number of rotatable bonds is 10. The molecule has 3 aromatic carbocycles. The summed E-state index contributed by atoms with van der Waals surface area (Å²) in [4.78, 5) is 27.0. The normalized spacial score (nSPS) is 14.6. The molecule has 0 atom stereocenters. The van der Waals surface area contributed by atoms with E-state index in [9.17, 15) is 18.0 Å². The summed E-state index contributed by atoms with van der Waals surface area (Å²) in [6.07, 6.45) is 1.56. The highest BCUT2D eigenvalue weighted by atomic mass is 79.9. The second-order valence-corrected chi connectivity index (χ2v) is 12.5. The minimum absolute atomic E-state index is 0.00624. The van der Waals surface area contributed by atoms with E-state index in [1.54, 1.807) is 37.3 Å². The summed E-state index contributed by atoms with van der Waals surface area (Å²) >= 11 is 4.20. The quantitative estimate of drug-likeness (QED) is 0.178. The zero-order valence-electron chi connectivity index (χ0n) is 22.4. The monoisotopic (exact) mass is 645 g/mol. The molecule has 1 aliphatic heterocycles. The number of thioether (sulfide) groups is 1. The molecule has 210 valence electrons. The molecule has 0 aromatic heterocycles. The molecular weight excluding hydrogens is 618 g/mol. The van der Waals surface area contributed by atoms with Gasteiger partial charge in [-0.1, -0.05) is 29.8 Å². The van der Waals surface area contributed by atoms with Crippen molar-refractivity contribution >= 4 is 55.0 Å². The highest BCUT2D eigenvalue weighted by Gasteiger charge is 2.35. The van der Waals surface area contributed by atoms with Crippen LogP contribution in [0.3, 0.4) is 0 Å². The fraction of sp³-hybridized carbons (Fsp3) is 0.241. The zero-order valence-corrected chi connectivity index (χ0v) is 25.6. The van der Waals surface area contributed by atoms with Crippen molar-refractivity contribution in [3.8, 4) is 17.2 Å². The van der Waals surface area contributed by atoms with Crippen molar-refractivity contribution in [1.82, 2.24) is 4.90 Å². The number of nitrogens with zero attached hydrogens (tertiary/aromatic N) is 1. The number of carbonyl (C=O) groups excluding carboxylic acids is 2. The first-order valence-electron chi connectivity index (χ1n) is 12.4. The number of benzene rings is 3. The van der Waals surface area contributed by atoms with Crippen LogP contribution in [-0.2, 0) is 14.9 Å². The summed E-state index contributed by atoms with van der Waals surface area (Å²) in [5.74, 6) is 0.426. The van der Waals surface area contributed by atoms with E-state index in [0.717, 1.165) is 33.4 Å². The van der Waals surface area contributed by atoms with E-state index in [1.165, 1.54) is 12.1 Å². The maximum absolute atomic E-state index is 13.0. The lowest BCUT2D eigenvalue weighted by molar-refractivity contribution is -0.123. The number of hydrogen-bond acceptors (Lipinski definition) is 8. The molecule has 40 heavy (non-hydrogen) atoms. The van der Waals surface area contributed by atoms with Crippen molar-refractivity contribution in [2.75, 3.05) is 19.8 Å². The minimum Gasteiger partial charge on any atom is -0.491 e. The summed E-state index contributed by atoms with van der Waals surface area (Å²) in [5, 5.41) is -0.394. The van der Waals surface area contributed by atoms with E-state index < -0.39 is 21.3 Å². The lowest BCUT2D eigenvalue weighted by Crippen LogP contribution is -2.32. The average Bonchev–Trinajstić information content (AvgIpc) is 3.16. The van der Waals surface area contributed by atoms with Crippen molar-refractivity contribution in [3.63, 3.8) is 0 Å². The van der Waals surface area contributed by atoms with Crippen molar-refractivity contribution in [3.05, 3.63) is 86.2 Å². The molecule has 0 radical (unpaired) electrons. The Labute approximate surface area is 246 Å². The Hall–Kier alpha value is -3.28. The molecule has 1 heterocycles. The molecule has 8 nitrogen and oxygen atoms in total. The molecule has 0 N–H and O–H groups in total. The molecule has 0 saturated carbocycles. The number of halogens is 1. The van der Waals surface area contributed by atoms with Gasteiger partial charge in [-0.25, -0.2) is 0 Å². The van der Waals surface area contributed by atoms with Gasteiger partial charge >= 0.3 is 10.1 Å². The third-order valence-electron chi connectivity index (χ3n) is 5.92. The molecule has 0 unspecified atom stereocenters. The summed E-state index contributed by atoms with van der Waals surface area (Å²) in [7, 11) is -4.13. The molecule has 1 saturated heterocycles. The molecule has 1 fully saturated rings. The van der Waals surface area contributed by atoms with Crippen molar-refractivity contribution < 1.29 is 31.7 Å². The first-order chi connectivity index (χ1) is 19.0. The summed E-state index contributed by atoms with van der Waals surface area (Å²) in [6.45, 7) is 8.02. The summed E-state index contributed by atoms with van der Waals surface area (Å²) in [5.41, 5.74) is 3.45. The van der Waals surface area contributed by atoms with Crippen molar-refractivity contribution in [2.24, 2.45) is 0 Å². The molecule has 4 rings (SSSR count). The highest BCUT2D eigenvalue weighted by molar-refractivity contribution is 9.10. The molecule has 3 aromatic rings. The number of imide groups is 1. The van der Waals surface area contributed by atoms with E-state index in [2.05, 4.69) is 15.9 Å². The van der Waals surface area contributed by atoms with Gasteiger partial charge in [0, 0.05) is 0 Å². The van der Waals surface area contributed by atoms with Gasteiger partial charge in [0.1, 0.15) is 17.3 Å². The third-order valence-corrected chi connectivity index (χ3v) is 8.65. The van der Waals surface area contributed by atoms with Gasteiger partial charge in [0.2, 0.25) is 0 Å². The highest BCUT2D eigenvalue weighted by Crippen LogP contribution is 2.40. The van der Waals surface area contributed by atoms with Gasteiger partial charge in [-0.05, 0) is 108 Å². The summed E-state index contributed by atoms with van der Waals surface area (Å²) < 4.78 is 43.0. The zero-order chi connectivity index (χ0) is 29.0. The van der Waals surface area contributed by atoms with Gasteiger partial charge < -0.3 is 13.7 Å². The fourth-order valence-electron chi connectivity index (χ4n) is 3.83. The van der Waals surface area contributed by atoms with Crippen LogP contribution in [0.5, 0.6) is 17.2 Å². The van der Waals surface area contributed by atoms with Crippen molar-refractivity contribution in [2.45, 2.75) is 32.6 Å². The van der Waals surface area contributed by atoms with Crippen LogP contribution in [0.2, 0.25) is 0 Å². The topological polar surface area (TPSA) is 99.2 Å². The predicted molar refractivity (Wildman–Crippen MR) is 158 cm³/mol. The molecule has 2 amide bonds. The molecule has 0 spiro atoms. The van der Waals surface area contributed by atoms with Crippen LogP contribution in [0, 0.1) is 20.8 Å². The average molecular weight is 647 g/mol. The Morgan fingerprint density at radius 1 is 0.925 bits per heavy atom. The molecular formula is C29H28BrNO7S2. The molecule has 0 bridgehead atoms. The number of hydrogen-bond donors (Lipinski definition) is 0. The van der Waals surface area contributed by atoms with Gasteiger partial charge in [0.15, 0.2) is 11.5 Å². The van der Waals surface area contributed by atoms with Crippen molar-refractivity contribution in [1.29, 1.82) is 0 Å². The minimum atomic E-state index is -4.13. The smallest absolute Gasteiger partial charge is 0.339 e. The molecule has 11 heteroatoms. The SMILES string of the molecule is CCOc1cc(/C=C2\SC(=O)N(CCOc3cc(C)ccc3C)C2=O)cc(Br)c1OS(=O)(=O)c1ccc(C)cc1. The number of ether oxygens (including phenoxy) is 2. The van der Waals surface area contributed by atoms with Gasteiger partial charge in [-0.3, -0.25) is 14.5 Å². The molecule has 0 aliphatic carbocycles. The van der Waals surface area contributed by atoms with E-state index in [-0.39, 0.29) is 41.1 Å². The maximum atomic E-state index is 13.0. The Bertz CT molecular complexity index is 1580. The largest absolute Gasteiger partial charge is 0.491 e. The second-order valence-electron chi connectivity index (χ2n) is 9.06. The lowest BCUT2D eigenvalue weighted by atomic mass is 10.1. The first-order valence-corrected chi connectivity index (χ1v) is 15.4. The van der Waals surface area contributed by atoms with Crippen LogP contribution in [0.1, 0.15) is 29.2 Å². The van der Waals surface area contributed by atoms with Crippen LogP contribution in [0.4, 0.5) is 4.79 Å². The third kappa shape index (κ3) is 6.89. The van der Waals surface area contributed by atoms with Crippen LogP contribution in [0.25, 0.3) is 6.08 Å². The Balaban J connectivity index is 1.52. The number of aryl methyl sites for hydroxylation is 3. The maximum Gasteiger partial charge on any atom is 0.339 e. The van der Waals surface area contributed by atoms with E-state index in [1.807, 2.05) is 39.0 Å².